The van der Waals surface area contributed by atoms with Gasteiger partial charge in [-0.3, -0.25) is 9.59 Å². The number of nitrogens with one attached hydrogen (secondary N) is 1. The number of halogens is 1. The summed E-state index contributed by atoms with van der Waals surface area (Å²) in [6, 6.07) is 13.5. The monoisotopic (exact) mass is 384 g/mol. The zero-order chi connectivity index (χ0) is 19.9. The molecule has 2 aromatic rings. The Hall–Kier alpha value is -2.73. The van der Waals surface area contributed by atoms with E-state index >= 15 is 0 Å². The minimum absolute atomic E-state index is 0.0232. The number of hydrogen-bond acceptors (Lipinski definition) is 3. The lowest BCUT2D eigenvalue weighted by Gasteiger charge is -2.31. The van der Waals surface area contributed by atoms with Crippen molar-refractivity contribution in [3.63, 3.8) is 0 Å². The van der Waals surface area contributed by atoms with Crippen molar-refractivity contribution in [3.05, 3.63) is 65.5 Å². The third-order valence-electron chi connectivity index (χ3n) is 4.73. The molecule has 1 aliphatic rings. The van der Waals surface area contributed by atoms with Crippen molar-refractivity contribution in [3.8, 4) is 0 Å². The summed E-state index contributed by atoms with van der Waals surface area (Å²) in [7, 11) is 0. The van der Waals surface area contributed by atoms with E-state index in [1.54, 1.807) is 47.4 Å². The summed E-state index contributed by atoms with van der Waals surface area (Å²) >= 11 is 0. The number of morpholine rings is 1. The van der Waals surface area contributed by atoms with E-state index in [1.165, 1.54) is 6.07 Å². The molecule has 0 aromatic heterocycles. The van der Waals surface area contributed by atoms with Crippen LogP contribution in [0, 0.1) is 5.82 Å². The molecule has 1 aliphatic heterocycles. The van der Waals surface area contributed by atoms with Crippen LogP contribution in [0.2, 0.25) is 0 Å². The van der Waals surface area contributed by atoms with Gasteiger partial charge in [-0.05, 0) is 49.6 Å². The van der Waals surface area contributed by atoms with Crippen LogP contribution in [0.4, 0.5) is 10.1 Å². The predicted octanol–water partition coefficient (Wildman–Crippen LogP) is 3.65. The summed E-state index contributed by atoms with van der Waals surface area (Å²) in [6.07, 6.45) is 1.37. The molecule has 1 saturated heterocycles. The van der Waals surface area contributed by atoms with Gasteiger partial charge in [0.05, 0.1) is 12.7 Å². The van der Waals surface area contributed by atoms with Gasteiger partial charge in [0.25, 0.3) is 5.91 Å². The molecular formula is C22H25FN2O3. The summed E-state index contributed by atoms with van der Waals surface area (Å²) in [5.41, 5.74) is 1.74. The van der Waals surface area contributed by atoms with E-state index in [0.29, 0.717) is 49.4 Å². The molecule has 1 heterocycles. The quantitative estimate of drug-likeness (QED) is 0.827. The summed E-state index contributed by atoms with van der Waals surface area (Å²) in [4.78, 5) is 26.6. The van der Waals surface area contributed by atoms with Gasteiger partial charge >= 0.3 is 0 Å². The smallest absolute Gasteiger partial charge is 0.254 e. The number of amides is 2. The van der Waals surface area contributed by atoms with E-state index in [2.05, 4.69) is 5.32 Å². The van der Waals surface area contributed by atoms with Crippen LogP contribution in [0.25, 0.3) is 0 Å². The van der Waals surface area contributed by atoms with Gasteiger partial charge in [-0.15, -0.1) is 0 Å². The van der Waals surface area contributed by atoms with Gasteiger partial charge in [-0.1, -0.05) is 24.3 Å². The van der Waals surface area contributed by atoms with Crippen LogP contribution in [0.1, 0.15) is 35.7 Å². The molecule has 2 amide bonds. The molecule has 1 N–H and O–H groups in total. The highest BCUT2D eigenvalue weighted by Crippen LogP contribution is 2.16. The minimum atomic E-state index is -0.244. The average molecular weight is 384 g/mol. The van der Waals surface area contributed by atoms with Crippen molar-refractivity contribution in [2.24, 2.45) is 0 Å². The molecular weight excluding hydrogens is 359 g/mol. The van der Waals surface area contributed by atoms with Crippen LogP contribution in [0.5, 0.6) is 0 Å². The van der Waals surface area contributed by atoms with Crippen molar-refractivity contribution in [1.82, 2.24) is 4.90 Å². The van der Waals surface area contributed by atoms with Gasteiger partial charge in [0.2, 0.25) is 5.91 Å². The Morgan fingerprint density at radius 2 is 2.04 bits per heavy atom. The molecule has 148 valence electrons. The highest BCUT2D eigenvalue weighted by Gasteiger charge is 2.22. The van der Waals surface area contributed by atoms with Gasteiger partial charge in [-0.2, -0.15) is 0 Å². The lowest BCUT2D eigenvalue weighted by molar-refractivity contribution is -0.116. The van der Waals surface area contributed by atoms with Crippen LogP contribution >= 0.6 is 0 Å². The third kappa shape index (κ3) is 5.39. The fourth-order valence-electron chi connectivity index (χ4n) is 3.28. The molecule has 1 atom stereocenters. The molecule has 1 fully saturated rings. The lowest BCUT2D eigenvalue weighted by atomic mass is 10.1. The van der Waals surface area contributed by atoms with Gasteiger partial charge < -0.3 is 15.0 Å². The maximum Gasteiger partial charge on any atom is 0.254 e. The lowest BCUT2D eigenvalue weighted by Crippen LogP contribution is -2.44. The number of aryl methyl sites for hydroxylation is 1. The Morgan fingerprint density at radius 3 is 2.82 bits per heavy atom. The van der Waals surface area contributed by atoms with Gasteiger partial charge in [-0.25, -0.2) is 4.39 Å². The highest BCUT2D eigenvalue weighted by molar-refractivity contribution is 5.97. The highest BCUT2D eigenvalue weighted by atomic mass is 19.1. The van der Waals surface area contributed by atoms with Crippen LogP contribution in [-0.4, -0.2) is 42.5 Å². The molecule has 0 spiro atoms. The topological polar surface area (TPSA) is 58.6 Å². The minimum Gasteiger partial charge on any atom is -0.375 e. The van der Waals surface area contributed by atoms with E-state index in [4.69, 9.17) is 4.74 Å². The standard InChI is InChI=1S/C22H25FN2O3/c1-16-15-25(12-13-28-16)22(27)18-8-4-9-19(14-18)24-21(26)11-5-7-17-6-2-3-10-20(17)23/h2-4,6,8-10,14,16H,5,7,11-13,15H2,1H3,(H,24,26). The largest absolute Gasteiger partial charge is 0.375 e. The van der Waals surface area contributed by atoms with E-state index in [-0.39, 0.29) is 30.2 Å². The van der Waals surface area contributed by atoms with Crippen LogP contribution < -0.4 is 5.32 Å². The second-order valence-electron chi connectivity index (χ2n) is 7.01. The normalized spacial score (nSPS) is 16.6. The number of anilines is 1. The first-order chi connectivity index (χ1) is 13.5. The summed E-state index contributed by atoms with van der Waals surface area (Å²) in [5.74, 6) is -0.460. The second kappa shape index (κ2) is 9.46. The molecule has 6 heteroatoms. The number of carbonyl (C=O) groups excluding carboxylic acids is 2. The summed E-state index contributed by atoms with van der Waals surface area (Å²) in [5, 5.41) is 2.82. The average Bonchev–Trinajstić information content (AvgIpc) is 2.69. The van der Waals surface area contributed by atoms with Crippen LogP contribution in [0.15, 0.2) is 48.5 Å². The molecule has 28 heavy (non-hydrogen) atoms. The van der Waals surface area contributed by atoms with Crippen molar-refractivity contribution < 1.29 is 18.7 Å². The summed E-state index contributed by atoms with van der Waals surface area (Å²) in [6.45, 7) is 3.60. The molecule has 1 unspecified atom stereocenters. The number of hydrogen-bond donors (Lipinski definition) is 1. The van der Waals surface area contributed by atoms with E-state index in [0.717, 1.165) is 0 Å². The molecule has 0 radical (unpaired) electrons. The molecule has 0 bridgehead atoms. The summed E-state index contributed by atoms with van der Waals surface area (Å²) < 4.78 is 19.1. The predicted molar refractivity (Wildman–Crippen MR) is 106 cm³/mol. The number of rotatable bonds is 6. The first kappa shape index (κ1) is 20.0. The third-order valence-corrected chi connectivity index (χ3v) is 4.73. The Bertz CT molecular complexity index is 840. The molecule has 0 saturated carbocycles. The molecule has 2 aromatic carbocycles. The zero-order valence-electron chi connectivity index (χ0n) is 16.0. The van der Waals surface area contributed by atoms with E-state index < -0.39 is 0 Å². The SMILES string of the molecule is CC1CN(C(=O)c2cccc(NC(=O)CCCc3ccccc3F)c2)CCO1. The van der Waals surface area contributed by atoms with Crippen molar-refractivity contribution >= 4 is 17.5 Å². The fourth-order valence-corrected chi connectivity index (χ4v) is 3.28. The van der Waals surface area contributed by atoms with Crippen molar-refractivity contribution in [2.45, 2.75) is 32.3 Å². The van der Waals surface area contributed by atoms with Crippen molar-refractivity contribution in [1.29, 1.82) is 0 Å². The number of benzene rings is 2. The number of nitrogens with zero attached hydrogens (tertiary/aromatic N) is 1. The fraction of sp³-hybridized carbons (Fsp3) is 0.364. The maximum atomic E-state index is 13.6. The number of carbonyl (C=O) groups is 2. The van der Waals surface area contributed by atoms with E-state index in [1.807, 2.05) is 6.92 Å². The van der Waals surface area contributed by atoms with Gasteiger partial charge in [0.1, 0.15) is 5.82 Å². The first-order valence-electron chi connectivity index (χ1n) is 9.57. The first-order valence-corrected chi connectivity index (χ1v) is 9.57. The Labute approximate surface area is 164 Å². The Kier molecular flexibility index (Phi) is 6.76. The number of ether oxygens (including phenoxy) is 1. The second-order valence-corrected chi connectivity index (χ2v) is 7.01. The van der Waals surface area contributed by atoms with Gasteiger partial charge in [0, 0.05) is 30.8 Å². The van der Waals surface area contributed by atoms with E-state index in [9.17, 15) is 14.0 Å². The molecule has 3 rings (SSSR count). The van der Waals surface area contributed by atoms with Gasteiger partial charge in [0.15, 0.2) is 0 Å². The Balaban J connectivity index is 1.53. The zero-order valence-corrected chi connectivity index (χ0v) is 16.0. The van der Waals surface area contributed by atoms with Crippen LogP contribution in [-0.2, 0) is 16.0 Å². The van der Waals surface area contributed by atoms with Crippen molar-refractivity contribution in [2.75, 3.05) is 25.0 Å². The maximum absolute atomic E-state index is 13.6. The Morgan fingerprint density at radius 1 is 1.21 bits per heavy atom. The molecule has 0 aliphatic carbocycles. The molecule has 5 nitrogen and oxygen atoms in total. The van der Waals surface area contributed by atoms with Crippen LogP contribution in [0.3, 0.4) is 0 Å².